The standard InChI is InChI=1S/C26H19ClN2O3/c1-29-23-11-9-17(5-3-6-18-10-12-24(32-2)28-16-18)14-21(23)25(30)22(26(29)31)15-19-7-4-8-20(27)13-19/h4,7-16H,6H2,1-2H3/b22-15+. The second-order valence-corrected chi connectivity index (χ2v) is 7.66. The molecule has 3 aromatic rings. The molecule has 0 unspecified atom stereocenters. The van der Waals surface area contributed by atoms with Crippen molar-refractivity contribution < 1.29 is 14.3 Å². The van der Waals surface area contributed by atoms with Crippen LogP contribution in [0.25, 0.3) is 6.08 Å². The molecule has 0 saturated heterocycles. The van der Waals surface area contributed by atoms with E-state index in [0.717, 1.165) is 5.56 Å². The summed E-state index contributed by atoms with van der Waals surface area (Å²) < 4.78 is 5.06. The van der Waals surface area contributed by atoms with Crippen molar-refractivity contribution in [3.8, 4) is 17.7 Å². The minimum Gasteiger partial charge on any atom is -0.481 e. The Labute approximate surface area is 191 Å². The first-order valence-electron chi connectivity index (χ1n) is 9.88. The molecule has 32 heavy (non-hydrogen) atoms. The van der Waals surface area contributed by atoms with Crippen LogP contribution in [-0.4, -0.2) is 30.8 Å². The number of ether oxygens (including phenoxy) is 1. The summed E-state index contributed by atoms with van der Waals surface area (Å²) in [7, 11) is 3.22. The number of rotatable bonds is 3. The van der Waals surface area contributed by atoms with Gasteiger partial charge in [0, 0.05) is 41.9 Å². The fourth-order valence-corrected chi connectivity index (χ4v) is 3.59. The zero-order valence-corrected chi connectivity index (χ0v) is 18.3. The Bertz CT molecular complexity index is 1300. The van der Waals surface area contributed by atoms with Crippen molar-refractivity contribution >= 4 is 35.1 Å². The molecule has 1 aliphatic rings. The number of anilines is 1. The largest absolute Gasteiger partial charge is 0.481 e. The highest BCUT2D eigenvalue weighted by molar-refractivity contribution is 6.36. The Morgan fingerprint density at radius 3 is 2.69 bits per heavy atom. The van der Waals surface area contributed by atoms with E-state index < -0.39 is 0 Å². The van der Waals surface area contributed by atoms with Crippen molar-refractivity contribution in [2.45, 2.75) is 6.42 Å². The van der Waals surface area contributed by atoms with E-state index >= 15 is 0 Å². The van der Waals surface area contributed by atoms with Gasteiger partial charge in [-0.1, -0.05) is 41.6 Å². The Morgan fingerprint density at radius 1 is 1.12 bits per heavy atom. The first-order chi connectivity index (χ1) is 15.5. The third-order valence-electron chi connectivity index (χ3n) is 5.07. The molecule has 0 N–H and O–H groups in total. The molecular weight excluding hydrogens is 424 g/mol. The fourth-order valence-electron chi connectivity index (χ4n) is 3.40. The molecule has 2 heterocycles. The van der Waals surface area contributed by atoms with Crippen molar-refractivity contribution in [3.05, 3.63) is 93.6 Å². The van der Waals surface area contributed by atoms with E-state index in [2.05, 4.69) is 16.8 Å². The monoisotopic (exact) mass is 442 g/mol. The second kappa shape index (κ2) is 9.09. The van der Waals surface area contributed by atoms with Gasteiger partial charge in [0.2, 0.25) is 11.7 Å². The summed E-state index contributed by atoms with van der Waals surface area (Å²) >= 11 is 6.04. The van der Waals surface area contributed by atoms with Gasteiger partial charge < -0.3 is 9.64 Å². The molecule has 0 fully saturated rings. The predicted molar refractivity (Wildman–Crippen MR) is 125 cm³/mol. The zero-order valence-electron chi connectivity index (χ0n) is 17.6. The van der Waals surface area contributed by atoms with Gasteiger partial charge in [-0.25, -0.2) is 4.98 Å². The number of carbonyl (C=O) groups excluding carboxylic acids is 2. The van der Waals surface area contributed by atoms with Crippen molar-refractivity contribution in [2.75, 3.05) is 19.1 Å². The van der Waals surface area contributed by atoms with Gasteiger partial charge in [-0.05, 0) is 47.5 Å². The van der Waals surface area contributed by atoms with Crippen molar-refractivity contribution in [1.29, 1.82) is 0 Å². The molecule has 1 amide bonds. The number of ketones is 1. The van der Waals surface area contributed by atoms with E-state index in [1.54, 1.807) is 75.0 Å². The van der Waals surface area contributed by atoms with Crippen LogP contribution in [0.1, 0.15) is 27.0 Å². The first-order valence-corrected chi connectivity index (χ1v) is 10.3. The van der Waals surface area contributed by atoms with Crippen LogP contribution >= 0.6 is 11.6 Å². The van der Waals surface area contributed by atoms with E-state index in [-0.39, 0.29) is 17.3 Å². The number of amides is 1. The third kappa shape index (κ3) is 4.41. The van der Waals surface area contributed by atoms with Crippen LogP contribution in [0.3, 0.4) is 0 Å². The third-order valence-corrected chi connectivity index (χ3v) is 5.31. The number of fused-ring (bicyclic) bond motifs is 1. The second-order valence-electron chi connectivity index (χ2n) is 7.23. The van der Waals surface area contributed by atoms with E-state index in [1.165, 1.54) is 4.90 Å². The van der Waals surface area contributed by atoms with Crippen molar-refractivity contribution in [3.63, 3.8) is 0 Å². The highest BCUT2D eigenvalue weighted by Gasteiger charge is 2.32. The Kier molecular flexibility index (Phi) is 6.07. The van der Waals surface area contributed by atoms with E-state index in [9.17, 15) is 9.59 Å². The highest BCUT2D eigenvalue weighted by atomic mass is 35.5. The van der Waals surface area contributed by atoms with Crippen LogP contribution in [-0.2, 0) is 11.2 Å². The first kappa shape index (κ1) is 21.4. The minimum absolute atomic E-state index is 0.0942. The van der Waals surface area contributed by atoms with Crippen LogP contribution in [0.5, 0.6) is 5.88 Å². The lowest BCUT2D eigenvalue weighted by atomic mass is 9.92. The lowest BCUT2D eigenvalue weighted by molar-refractivity contribution is -0.114. The van der Waals surface area contributed by atoms with Gasteiger partial charge in [-0.15, -0.1) is 0 Å². The van der Waals surface area contributed by atoms with Gasteiger partial charge in [-0.3, -0.25) is 9.59 Å². The Morgan fingerprint density at radius 2 is 1.97 bits per heavy atom. The fraction of sp³-hybridized carbons (Fsp3) is 0.115. The number of benzene rings is 2. The van der Waals surface area contributed by atoms with E-state index in [4.69, 9.17) is 16.3 Å². The molecule has 1 aromatic heterocycles. The summed E-state index contributed by atoms with van der Waals surface area (Å²) in [4.78, 5) is 31.6. The predicted octanol–water partition coefficient (Wildman–Crippen LogP) is 4.58. The summed E-state index contributed by atoms with van der Waals surface area (Å²) in [5, 5.41) is 0.536. The number of halogens is 1. The number of carbonyl (C=O) groups is 2. The number of methoxy groups -OCH3 is 1. The average molecular weight is 443 g/mol. The molecule has 0 spiro atoms. The molecule has 0 atom stereocenters. The number of likely N-dealkylation sites (N-methyl/N-ethyl adjacent to an activating group) is 1. The summed E-state index contributed by atoms with van der Waals surface area (Å²) in [6, 6.07) is 16.0. The maximum Gasteiger partial charge on any atom is 0.262 e. The van der Waals surface area contributed by atoms with Crippen LogP contribution in [0.2, 0.25) is 5.02 Å². The number of pyridine rings is 1. The number of hydrogen-bond donors (Lipinski definition) is 0. The van der Waals surface area contributed by atoms with E-state index in [1.807, 2.05) is 6.07 Å². The molecule has 5 nitrogen and oxygen atoms in total. The van der Waals surface area contributed by atoms with E-state index in [0.29, 0.717) is 39.7 Å². The molecule has 0 bridgehead atoms. The summed E-state index contributed by atoms with van der Waals surface area (Å²) in [6.07, 6.45) is 3.81. The Balaban J connectivity index is 1.62. The SMILES string of the molecule is COc1ccc(CC#Cc2ccc3c(c2)C(=O)/C(=C\c2cccc(Cl)c2)C(=O)N3C)cn1. The zero-order chi connectivity index (χ0) is 22.7. The molecule has 6 heteroatoms. The minimum atomic E-state index is -0.353. The van der Waals surface area contributed by atoms with Crippen molar-refractivity contribution in [1.82, 2.24) is 4.98 Å². The number of nitrogens with zero attached hydrogens (tertiary/aromatic N) is 2. The molecule has 0 radical (unpaired) electrons. The van der Waals surface area contributed by atoms with Crippen LogP contribution in [0, 0.1) is 11.8 Å². The molecular formula is C26H19ClN2O3. The summed E-state index contributed by atoms with van der Waals surface area (Å²) in [5.41, 5.74) is 3.45. The quantitative estimate of drug-likeness (QED) is 0.338. The Hall–Kier alpha value is -3.88. The molecule has 0 saturated carbocycles. The van der Waals surface area contributed by atoms with Gasteiger partial charge in [0.25, 0.3) is 5.91 Å². The van der Waals surface area contributed by atoms with Crippen LogP contribution in [0.15, 0.2) is 66.4 Å². The van der Waals surface area contributed by atoms with Gasteiger partial charge >= 0.3 is 0 Å². The topological polar surface area (TPSA) is 59.5 Å². The molecule has 1 aliphatic heterocycles. The molecule has 2 aromatic carbocycles. The maximum absolute atomic E-state index is 13.2. The van der Waals surface area contributed by atoms with Gasteiger partial charge in [0.1, 0.15) is 0 Å². The summed E-state index contributed by atoms with van der Waals surface area (Å²) in [6.45, 7) is 0. The lowest BCUT2D eigenvalue weighted by Crippen LogP contribution is -2.36. The van der Waals surface area contributed by atoms with Gasteiger partial charge in [-0.2, -0.15) is 0 Å². The average Bonchev–Trinajstić information content (AvgIpc) is 2.81. The van der Waals surface area contributed by atoms with Crippen LogP contribution in [0.4, 0.5) is 5.69 Å². The number of hydrogen-bond acceptors (Lipinski definition) is 4. The molecule has 4 rings (SSSR count). The van der Waals surface area contributed by atoms with Gasteiger partial charge in [0.05, 0.1) is 18.4 Å². The molecule has 0 aliphatic carbocycles. The smallest absolute Gasteiger partial charge is 0.262 e. The van der Waals surface area contributed by atoms with Crippen molar-refractivity contribution in [2.24, 2.45) is 0 Å². The number of Topliss-reactive ketones (excluding diaryl/α,β-unsaturated/α-hetero) is 1. The lowest BCUT2D eigenvalue weighted by Gasteiger charge is -2.26. The maximum atomic E-state index is 13.2. The van der Waals surface area contributed by atoms with Gasteiger partial charge in [0.15, 0.2) is 0 Å². The normalized spacial score (nSPS) is 14.1. The molecule has 158 valence electrons. The van der Waals surface area contributed by atoms with Crippen LogP contribution < -0.4 is 9.64 Å². The number of aromatic nitrogens is 1. The summed E-state index contributed by atoms with van der Waals surface area (Å²) in [5.74, 6) is 6.06. The highest BCUT2D eigenvalue weighted by Crippen LogP contribution is 2.31.